The van der Waals surface area contributed by atoms with Crippen LogP contribution in [0, 0.1) is 0 Å². The van der Waals surface area contributed by atoms with Crippen LogP contribution in [-0.4, -0.2) is 41.9 Å². The van der Waals surface area contributed by atoms with E-state index in [1.165, 1.54) is 4.90 Å². The van der Waals surface area contributed by atoms with Crippen LogP contribution in [0.3, 0.4) is 0 Å². The first-order valence-corrected chi connectivity index (χ1v) is 10.9. The minimum Gasteiger partial charge on any atom is -0.490 e. The highest BCUT2D eigenvalue weighted by Crippen LogP contribution is 2.30. The Balaban J connectivity index is 1.66. The fraction of sp³-hybridized carbons (Fsp3) is 0.208. The molecule has 0 aliphatic carbocycles. The van der Waals surface area contributed by atoms with Gasteiger partial charge in [0.05, 0.1) is 18.8 Å². The molecule has 0 atom stereocenters. The summed E-state index contributed by atoms with van der Waals surface area (Å²) < 4.78 is 12.3. The third kappa shape index (κ3) is 6.31. The number of hydrogen-bond donors (Lipinski definition) is 1. The number of nitrogens with one attached hydrogen (secondary N) is 1. The summed E-state index contributed by atoms with van der Waals surface area (Å²) in [6.07, 6.45) is 3.40. The number of carbonyl (C=O) groups is 2. The largest absolute Gasteiger partial charge is 0.490 e. The van der Waals surface area contributed by atoms with Crippen molar-refractivity contribution in [3.05, 3.63) is 82.6 Å². The summed E-state index contributed by atoms with van der Waals surface area (Å²) in [5.41, 5.74) is 2.02. The SMILES string of the molecule is CCOc1cc(C(=O)N(C)CC(=O)Nc2ccccc2Br)ccc1OCc1ccncc1. The van der Waals surface area contributed by atoms with Gasteiger partial charge in [-0.05, 0) is 70.9 Å². The predicted molar refractivity (Wildman–Crippen MR) is 126 cm³/mol. The van der Waals surface area contributed by atoms with E-state index in [0.717, 1.165) is 10.0 Å². The van der Waals surface area contributed by atoms with Crippen LogP contribution in [0.4, 0.5) is 5.69 Å². The third-order valence-electron chi connectivity index (χ3n) is 4.51. The lowest BCUT2D eigenvalue weighted by Crippen LogP contribution is -2.35. The van der Waals surface area contributed by atoms with Crippen LogP contribution >= 0.6 is 15.9 Å². The molecule has 7 nitrogen and oxygen atoms in total. The van der Waals surface area contributed by atoms with Gasteiger partial charge >= 0.3 is 0 Å². The zero-order valence-electron chi connectivity index (χ0n) is 17.9. The van der Waals surface area contributed by atoms with E-state index in [4.69, 9.17) is 9.47 Å². The van der Waals surface area contributed by atoms with Crippen molar-refractivity contribution in [2.24, 2.45) is 0 Å². The molecule has 0 unspecified atom stereocenters. The van der Waals surface area contributed by atoms with Gasteiger partial charge in [0.2, 0.25) is 5.91 Å². The quantitative estimate of drug-likeness (QED) is 0.469. The molecule has 1 aromatic heterocycles. The number of rotatable bonds is 9. The normalized spacial score (nSPS) is 10.3. The Labute approximate surface area is 195 Å². The Bertz CT molecular complexity index is 1080. The van der Waals surface area contributed by atoms with Gasteiger partial charge in [0, 0.05) is 29.5 Å². The zero-order chi connectivity index (χ0) is 22.9. The van der Waals surface area contributed by atoms with Crippen molar-refractivity contribution in [3.8, 4) is 11.5 Å². The number of likely N-dealkylation sites (N-methyl/N-ethyl adjacent to an activating group) is 1. The maximum Gasteiger partial charge on any atom is 0.254 e. The molecule has 32 heavy (non-hydrogen) atoms. The second-order valence-corrected chi connectivity index (χ2v) is 7.78. The fourth-order valence-electron chi connectivity index (χ4n) is 2.93. The Hall–Kier alpha value is -3.39. The van der Waals surface area contributed by atoms with Crippen molar-refractivity contribution in [2.45, 2.75) is 13.5 Å². The molecule has 3 aromatic rings. The third-order valence-corrected chi connectivity index (χ3v) is 5.20. The van der Waals surface area contributed by atoms with Crippen molar-refractivity contribution >= 4 is 33.4 Å². The van der Waals surface area contributed by atoms with Gasteiger partial charge in [-0.3, -0.25) is 14.6 Å². The minimum atomic E-state index is -0.297. The molecule has 1 heterocycles. The maximum atomic E-state index is 12.9. The first kappa shape index (κ1) is 23.3. The molecule has 2 aromatic carbocycles. The number of benzene rings is 2. The highest BCUT2D eigenvalue weighted by molar-refractivity contribution is 9.10. The van der Waals surface area contributed by atoms with Crippen LogP contribution in [0.25, 0.3) is 0 Å². The van der Waals surface area contributed by atoms with E-state index in [1.807, 2.05) is 37.3 Å². The lowest BCUT2D eigenvalue weighted by molar-refractivity contribution is -0.116. The molecule has 0 radical (unpaired) electrons. The summed E-state index contributed by atoms with van der Waals surface area (Å²) in [5.74, 6) is 0.414. The minimum absolute atomic E-state index is 0.0928. The predicted octanol–water partition coefficient (Wildman–Crippen LogP) is 4.53. The number of nitrogens with zero attached hydrogens (tertiary/aromatic N) is 2. The van der Waals surface area contributed by atoms with Crippen molar-refractivity contribution in [2.75, 3.05) is 25.5 Å². The molecule has 2 amide bonds. The van der Waals surface area contributed by atoms with Gasteiger partial charge < -0.3 is 19.7 Å². The zero-order valence-corrected chi connectivity index (χ0v) is 19.5. The summed E-state index contributed by atoms with van der Waals surface area (Å²) in [6, 6.07) is 16.0. The van der Waals surface area contributed by atoms with Crippen LogP contribution in [-0.2, 0) is 11.4 Å². The van der Waals surface area contributed by atoms with E-state index in [-0.39, 0.29) is 18.4 Å². The van der Waals surface area contributed by atoms with Gasteiger partial charge in [0.15, 0.2) is 11.5 Å². The fourth-order valence-corrected chi connectivity index (χ4v) is 3.31. The number of carbonyl (C=O) groups excluding carboxylic acids is 2. The molecule has 0 aliphatic heterocycles. The van der Waals surface area contributed by atoms with Crippen molar-refractivity contribution in [1.82, 2.24) is 9.88 Å². The molecule has 0 saturated heterocycles. The van der Waals surface area contributed by atoms with E-state index in [2.05, 4.69) is 26.2 Å². The summed E-state index contributed by atoms with van der Waals surface area (Å²) in [5, 5.41) is 2.79. The Morgan fingerprint density at radius 3 is 2.50 bits per heavy atom. The Morgan fingerprint density at radius 2 is 1.78 bits per heavy atom. The molecule has 0 saturated carbocycles. The second-order valence-electron chi connectivity index (χ2n) is 6.93. The lowest BCUT2D eigenvalue weighted by atomic mass is 10.1. The monoisotopic (exact) mass is 497 g/mol. The Morgan fingerprint density at radius 1 is 1.03 bits per heavy atom. The van der Waals surface area contributed by atoms with E-state index in [9.17, 15) is 9.59 Å². The highest BCUT2D eigenvalue weighted by Gasteiger charge is 2.18. The molecule has 0 bridgehead atoms. The number of ether oxygens (including phenoxy) is 2. The van der Waals surface area contributed by atoms with Gasteiger partial charge in [-0.2, -0.15) is 0 Å². The van der Waals surface area contributed by atoms with Crippen molar-refractivity contribution < 1.29 is 19.1 Å². The van der Waals surface area contributed by atoms with E-state index in [1.54, 1.807) is 43.7 Å². The maximum absolute atomic E-state index is 12.9. The van der Waals surface area contributed by atoms with Crippen molar-refractivity contribution in [1.29, 1.82) is 0 Å². The molecule has 3 rings (SSSR count). The first-order chi connectivity index (χ1) is 15.5. The van der Waals surface area contributed by atoms with E-state index >= 15 is 0 Å². The van der Waals surface area contributed by atoms with E-state index in [0.29, 0.717) is 36.0 Å². The smallest absolute Gasteiger partial charge is 0.254 e. The molecule has 0 aliphatic rings. The van der Waals surface area contributed by atoms with Crippen LogP contribution in [0.15, 0.2) is 71.5 Å². The second kappa shape index (κ2) is 11.3. The number of hydrogen-bond acceptors (Lipinski definition) is 5. The van der Waals surface area contributed by atoms with Gasteiger partial charge in [-0.1, -0.05) is 12.1 Å². The van der Waals surface area contributed by atoms with Gasteiger partial charge in [0.1, 0.15) is 6.61 Å². The van der Waals surface area contributed by atoms with Gasteiger partial charge in [0.25, 0.3) is 5.91 Å². The van der Waals surface area contributed by atoms with Crippen LogP contribution in [0.1, 0.15) is 22.8 Å². The summed E-state index contributed by atoms with van der Waals surface area (Å²) in [7, 11) is 1.58. The number of aromatic nitrogens is 1. The molecular weight excluding hydrogens is 474 g/mol. The topological polar surface area (TPSA) is 80.8 Å². The summed E-state index contributed by atoms with van der Waals surface area (Å²) in [4.78, 5) is 30.6. The molecular formula is C24H24BrN3O4. The molecule has 166 valence electrons. The summed E-state index contributed by atoms with van der Waals surface area (Å²) >= 11 is 3.39. The van der Waals surface area contributed by atoms with Crippen LogP contribution < -0.4 is 14.8 Å². The number of pyridine rings is 1. The average molecular weight is 498 g/mol. The number of amides is 2. The number of para-hydroxylation sites is 1. The molecule has 0 spiro atoms. The van der Waals surface area contributed by atoms with Crippen LogP contribution in [0.5, 0.6) is 11.5 Å². The summed E-state index contributed by atoms with van der Waals surface area (Å²) in [6.45, 7) is 2.54. The number of anilines is 1. The van der Waals surface area contributed by atoms with Crippen LogP contribution in [0.2, 0.25) is 0 Å². The molecule has 0 fully saturated rings. The van der Waals surface area contributed by atoms with E-state index < -0.39 is 0 Å². The Kier molecular flexibility index (Phi) is 8.21. The average Bonchev–Trinajstić information content (AvgIpc) is 2.80. The van der Waals surface area contributed by atoms with Gasteiger partial charge in [-0.25, -0.2) is 0 Å². The number of halogens is 1. The van der Waals surface area contributed by atoms with Gasteiger partial charge in [-0.15, -0.1) is 0 Å². The molecule has 1 N–H and O–H groups in total. The standard InChI is InChI=1S/C24H24BrN3O4/c1-3-31-22-14-18(8-9-21(22)32-16-17-10-12-26-13-11-17)24(30)28(2)15-23(29)27-20-7-5-4-6-19(20)25/h4-14H,3,15-16H2,1-2H3,(H,27,29). The highest BCUT2D eigenvalue weighted by atomic mass is 79.9. The molecule has 8 heteroatoms. The lowest BCUT2D eigenvalue weighted by Gasteiger charge is -2.18. The first-order valence-electron chi connectivity index (χ1n) is 10.1. The van der Waals surface area contributed by atoms with Crippen molar-refractivity contribution in [3.63, 3.8) is 0 Å².